The zero-order chi connectivity index (χ0) is 23.7. The van der Waals surface area contributed by atoms with Gasteiger partial charge in [0, 0.05) is 17.9 Å². The fraction of sp³-hybridized carbons (Fsp3) is 0.280. The van der Waals surface area contributed by atoms with Crippen molar-refractivity contribution in [1.82, 2.24) is 35.2 Å². The van der Waals surface area contributed by atoms with Crippen LogP contribution in [0.1, 0.15) is 49.5 Å². The molecule has 0 saturated carbocycles. The maximum absolute atomic E-state index is 13.4. The molecule has 0 aliphatic rings. The van der Waals surface area contributed by atoms with Crippen molar-refractivity contribution < 1.29 is 0 Å². The number of aromatic nitrogens is 7. The third-order valence-electron chi connectivity index (χ3n) is 5.70. The molecule has 9 heteroatoms. The predicted octanol–water partition coefficient (Wildman–Crippen LogP) is 4.82. The van der Waals surface area contributed by atoms with Crippen molar-refractivity contribution >= 4 is 21.7 Å². The number of hydrogen-bond donors (Lipinski definition) is 1. The zero-order valence-electron chi connectivity index (χ0n) is 19.3. The van der Waals surface area contributed by atoms with Crippen molar-refractivity contribution in [2.75, 3.05) is 0 Å². The van der Waals surface area contributed by atoms with E-state index in [-0.39, 0.29) is 11.5 Å². The van der Waals surface area contributed by atoms with Gasteiger partial charge in [0.25, 0.3) is 5.56 Å². The van der Waals surface area contributed by atoms with E-state index < -0.39 is 0 Å². The number of aromatic amines is 1. The standard InChI is InChI=1S/C25H25N7OS/c1-4-7-20-26-23-21(34-24(27-23)15(2)3)25(33)32(20)14-16-10-12-17(13-11-16)18-8-5-6-9-19(18)22-28-30-31-29-22/h5-6,8-13,15H,4,7,14H2,1-3H3,(H,28,29,30,31). The first kappa shape index (κ1) is 22.1. The van der Waals surface area contributed by atoms with E-state index in [2.05, 4.69) is 70.6 Å². The average molecular weight is 472 g/mol. The highest BCUT2D eigenvalue weighted by molar-refractivity contribution is 7.18. The van der Waals surface area contributed by atoms with Crippen molar-refractivity contribution in [2.24, 2.45) is 0 Å². The molecule has 0 saturated heterocycles. The van der Waals surface area contributed by atoms with Crippen molar-refractivity contribution in [3.63, 3.8) is 0 Å². The summed E-state index contributed by atoms with van der Waals surface area (Å²) in [4.78, 5) is 22.8. The van der Waals surface area contributed by atoms with E-state index in [0.29, 0.717) is 22.7 Å². The average Bonchev–Trinajstić information content (AvgIpc) is 3.53. The number of H-pyrrole nitrogens is 1. The highest BCUT2D eigenvalue weighted by atomic mass is 32.1. The Morgan fingerprint density at radius 2 is 1.79 bits per heavy atom. The molecular formula is C25H25N7OS. The van der Waals surface area contributed by atoms with Crippen LogP contribution in [0.4, 0.5) is 0 Å². The van der Waals surface area contributed by atoms with Crippen molar-refractivity contribution in [2.45, 2.75) is 46.1 Å². The minimum atomic E-state index is -0.00983. The molecule has 3 heterocycles. The Bertz CT molecular complexity index is 1480. The summed E-state index contributed by atoms with van der Waals surface area (Å²) in [5.41, 5.74) is 4.58. The molecule has 0 aliphatic heterocycles. The first-order valence-corrected chi connectivity index (χ1v) is 12.2. The van der Waals surface area contributed by atoms with Crippen LogP contribution in [0.3, 0.4) is 0 Å². The van der Waals surface area contributed by atoms with E-state index >= 15 is 0 Å². The molecule has 0 aliphatic carbocycles. The van der Waals surface area contributed by atoms with Gasteiger partial charge < -0.3 is 0 Å². The molecule has 8 nitrogen and oxygen atoms in total. The summed E-state index contributed by atoms with van der Waals surface area (Å²) in [5.74, 6) is 1.61. The summed E-state index contributed by atoms with van der Waals surface area (Å²) in [7, 11) is 0. The molecule has 0 unspecified atom stereocenters. The van der Waals surface area contributed by atoms with E-state index in [1.54, 1.807) is 4.57 Å². The van der Waals surface area contributed by atoms with Gasteiger partial charge in [0.2, 0.25) is 5.82 Å². The van der Waals surface area contributed by atoms with E-state index in [1.165, 1.54) is 11.3 Å². The fourth-order valence-corrected chi connectivity index (χ4v) is 4.93. The first-order chi connectivity index (χ1) is 16.5. The number of fused-ring (bicyclic) bond motifs is 1. The second-order valence-corrected chi connectivity index (χ2v) is 9.54. The number of thiazole rings is 1. The Morgan fingerprint density at radius 3 is 2.47 bits per heavy atom. The topological polar surface area (TPSA) is 102 Å². The number of nitrogens with zero attached hydrogens (tertiary/aromatic N) is 6. The van der Waals surface area contributed by atoms with Crippen LogP contribution < -0.4 is 5.56 Å². The molecule has 34 heavy (non-hydrogen) atoms. The summed E-state index contributed by atoms with van der Waals surface area (Å²) >= 11 is 1.46. The molecule has 0 atom stereocenters. The smallest absolute Gasteiger partial charge is 0.273 e. The quantitative estimate of drug-likeness (QED) is 0.365. The lowest BCUT2D eigenvalue weighted by atomic mass is 9.98. The Kier molecular flexibility index (Phi) is 6.02. The first-order valence-electron chi connectivity index (χ1n) is 11.4. The lowest BCUT2D eigenvalue weighted by Gasteiger charge is -2.12. The predicted molar refractivity (Wildman–Crippen MR) is 134 cm³/mol. The van der Waals surface area contributed by atoms with Gasteiger partial charge in [0.1, 0.15) is 10.5 Å². The van der Waals surface area contributed by atoms with Gasteiger partial charge in [0.05, 0.1) is 11.6 Å². The number of nitrogens with one attached hydrogen (secondary N) is 1. The monoisotopic (exact) mass is 471 g/mol. The molecule has 5 rings (SSSR count). The highest BCUT2D eigenvalue weighted by Crippen LogP contribution is 2.30. The molecule has 0 fully saturated rings. The van der Waals surface area contributed by atoms with Crippen LogP contribution in [-0.2, 0) is 13.0 Å². The van der Waals surface area contributed by atoms with Gasteiger partial charge in [-0.2, -0.15) is 5.21 Å². The van der Waals surface area contributed by atoms with Crippen LogP contribution in [0.2, 0.25) is 0 Å². The van der Waals surface area contributed by atoms with Crippen LogP contribution >= 0.6 is 11.3 Å². The third-order valence-corrected chi connectivity index (χ3v) is 7.03. The maximum Gasteiger partial charge on any atom is 0.273 e. The molecule has 0 radical (unpaired) electrons. The molecule has 3 aromatic heterocycles. The van der Waals surface area contributed by atoms with Gasteiger partial charge in [-0.25, -0.2) is 9.97 Å². The summed E-state index contributed by atoms with van der Waals surface area (Å²) in [5, 5.41) is 15.4. The summed E-state index contributed by atoms with van der Waals surface area (Å²) in [6, 6.07) is 16.2. The van der Waals surface area contributed by atoms with Crippen LogP contribution in [0.15, 0.2) is 53.3 Å². The van der Waals surface area contributed by atoms with Crippen molar-refractivity contribution in [3.8, 4) is 22.5 Å². The molecule has 0 bridgehead atoms. The Morgan fingerprint density at radius 1 is 1.03 bits per heavy atom. The largest absolute Gasteiger partial charge is 0.291 e. The second-order valence-electron chi connectivity index (χ2n) is 8.51. The van der Waals surface area contributed by atoms with Crippen molar-refractivity contribution in [1.29, 1.82) is 0 Å². The number of rotatable bonds is 7. The number of tetrazole rings is 1. The van der Waals surface area contributed by atoms with E-state index in [1.807, 2.05) is 24.3 Å². The van der Waals surface area contributed by atoms with E-state index in [4.69, 9.17) is 4.98 Å². The fourth-order valence-electron chi connectivity index (χ4n) is 3.97. The molecular weight excluding hydrogens is 446 g/mol. The highest BCUT2D eigenvalue weighted by Gasteiger charge is 2.17. The molecule has 0 spiro atoms. The lowest BCUT2D eigenvalue weighted by molar-refractivity contribution is 0.665. The van der Waals surface area contributed by atoms with Gasteiger partial charge in [0.15, 0.2) is 5.65 Å². The van der Waals surface area contributed by atoms with E-state index in [9.17, 15) is 4.79 Å². The molecule has 1 N–H and O–H groups in total. The SMILES string of the molecule is CCCc1nc2nc(C(C)C)sc2c(=O)n1Cc1ccc(-c2ccccc2-c2nn[nH]n2)cc1. The summed E-state index contributed by atoms with van der Waals surface area (Å²) in [6.07, 6.45) is 1.64. The maximum atomic E-state index is 13.4. The van der Waals surface area contributed by atoms with Crippen LogP contribution in [0, 0.1) is 0 Å². The molecule has 5 aromatic rings. The summed E-state index contributed by atoms with van der Waals surface area (Å²) in [6.45, 7) is 6.74. The summed E-state index contributed by atoms with van der Waals surface area (Å²) < 4.78 is 2.44. The van der Waals surface area contributed by atoms with Crippen LogP contribution in [-0.4, -0.2) is 35.2 Å². The third kappa shape index (κ3) is 4.14. The number of benzene rings is 2. The molecule has 2 aromatic carbocycles. The lowest BCUT2D eigenvalue weighted by Crippen LogP contribution is -2.25. The van der Waals surface area contributed by atoms with Gasteiger partial charge >= 0.3 is 0 Å². The van der Waals surface area contributed by atoms with Gasteiger partial charge in [-0.05, 0) is 28.3 Å². The normalized spacial score (nSPS) is 11.5. The number of hydrogen-bond acceptors (Lipinski definition) is 7. The van der Waals surface area contributed by atoms with Crippen LogP contribution in [0.25, 0.3) is 32.9 Å². The van der Waals surface area contributed by atoms with Gasteiger partial charge in [-0.3, -0.25) is 9.36 Å². The second kappa shape index (κ2) is 9.26. The van der Waals surface area contributed by atoms with E-state index in [0.717, 1.165) is 45.9 Å². The minimum absolute atomic E-state index is 0.00983. The van der Waals surface area contributed by atoms with Crippen molar-refractivity contribution in [3.05, 3.63) is 75.3 Å². The molecule has 0 amide bonds. The minimum Gasteiger partial charge on any atom is -0.291 e. The Hall–Kier alpha value is -3.72. The van der Waals surface area contributed by atoms with Gasteiger partial charge in [-0.15, -0.1) is 21.5 Å². The Balaban J connectivity index is 1.50. The van der Waals surface area contributed by atoms with Crippen LogP contribution in [0.5, 0.6) is 0 Å². The zero-order valence-corrected chi connectivity index (χ0v) is 20.1. The Labute approximate surface area is 200 Å². The number of aryl methyl sites for hydroxylation is 1. The molecule has 172 valence electrons. The van der Waals surface area contributed by atoms with Gasteiger partial charge in [-0.1, -0.05) is 69.3 Å².